The van der Waals surface area contributed by atoms with Crippen molar-refractivity contribution in [2.45, 2.75) is 24.2 Å². The van der Waals surface area contributed by atoms with E-state index in [1.165, 1.54) is 26.4 Å². The highest BCUT2D eigenvalue weighted by Crippen LogP contribution is 2.27. The van der Waals surface area contributed by atoms with Crippen LogP contribution in [0.1, 0.15) is 24.8 Å². The number of hydrogen-bond donors (Lipinski definition) is 1. The van der Waals surface area contributed by atoms with Crippen LogP contribution < -0.4 is 19.1 Å². The van der Waals surface area contributed by atoms with Crippen LogP contribution in [0.4, 0.5) is 5.69 Å². The Morgan fingerprint density at radius 2 is 1.83 bits per heavy atom. The molecule has 30 heavy (non-hydrogen) atoms. The minimum absolute atomic E-state index is 0.0123. The van der Waals surface area contributed by atoms with E-state index in [9.17, 15) is 13.2 Å². The van der Waals surface area contributed by atoms with Gasteiger partial charge in [-0.3, -0.25) is 4.79 Å². The maximum atomic E-state index is 12.6. The molecule has 1 saturated heterocycles. The number of hydrogen-bond acceptors (Lipinski definition) is 5. The van der Waals surface area contributed by atoms with E-state index in [4.69, 9.17) is 9.47 Å². The first-order valence-electron chi connectivity index (χ1n) is 9.55. The van der Waals surface area contributed by atoms with E-state index in [0.717, 1.165) is 30.6 Å². The van der Waals surface area contributed by atoms with Crippen molar-refractivity contribution in [1.29, 1.82) is 0 Å². The second kappa shape index (κ2) is 9.65. The van der Waals surface area contributed by atoms with E-state index in [1.54, 1.807) is 11.0 Å². The van der Waals surface area contributed by atoms with Crippen LogP contribution >= 0.6 is 0 Å². The van der Waals surface area contributed by atoms with Crippen molar-refractivity contribution in [2.24, 2.45) is 0 Å². The fourth-order valence-corrected chi connectivity index (χ4v) is 4.26. The van der Waals surface area contributed by atoms with Crippen molar-refractivity contribution in [2.75, 3.05) is 32.2 Å². The van der Waals surface area contributed by atoms with Crippen LogP contribution in [-0.4, -0.2) is 41.6 Å². The predicted molar refractivity (Wildman–Crippen MR) is 114 cm³/mol. The van der Waals surface area contributed by atoms with E-state index >= 15 is 0 Å². The van der Waals surface area contributed by atoms with Crippen molar-refractivity contribution < 1.29 is 22.7 Å². The zero-order valence-corrected chi connectivity index (χ0v) is 17.8. The molecule has 0 radical (unpaired) electrons. The first kappa shape index (κ1) is 21.7. The van der Waals surface area contributed by atoms with Gasteiger partial charge in [-0.1, -0.05) is 11.8 Å². The highest BCUT2D eigenvalue weighted by atomic mass is 32.2. The third-order valence-corrected chi connectivity index (χ3v) is 6.17. The summed E-state index contributed by atoms with van der Waals surface area (Å²) in [6, 6.07) is 11.9. The molecule has 8 heteroatoms. The number of methoxy groups -OCH3 is 2. The van der Waals surface area contributed by atoms with E-state index in [2.05, 4.69) is 16.6 Å². The molecule has 0 aromatic heterocycles. The molecule has 1 N–H and O–H groups in total. The topological polar surface area (TPSA) is 84.9 Å². The zero-order chi connectivity index (χ0) is 21.6. The van der Waals surface area contributed by atoms with Crippen molar-refractivity contribution >= 4 is 21.6 Å². The number of anilines is 1. The maximum Gasteiger partial charge on any atom is 0.245 e. The van der Waals surface area contributed by atoms with Gasteiger partial charge in [-0.15, -0.1) is 0 Å². The number of carbonyl (C=O) groups is 1. The Morgan fingerprint density at radius 1 is 1.07 bits per heavy atom. The van der Waals surface area contributed by atoms with Crippen molar-refractivity contribution in [3.63, 3.8) is 0 Å². The van der Waals surface area contributed by atoms with Gasteiger partial charge in [0.15, 0.2) is 0 Å². The molecule has 0 bridgehead atoms. The number of benzene rings is 2. The molecule has 1 amide bonds. The van der Waals surface area contributed by atoms with Crippen LogP contribution in [0.15, 0.2) is 47.4 Å². The molecule has 1 fully saturated rings. The smallest absolute Gasteiger partial charge is 0.245 e. The van der Waals surface area contributed by atoms with Crippen molar-refractivity contribution in [1.82, 2.24) is 4.72 Å². The largest absolute Gasteiger partial charge is 0.497 e. The molecule has 1 heterocycles. The quantitative estimate of drug-likeness (QED) is 0.715. The van der Waals surface area contributed by atoms with Gasteiger partial charge in [-0.05, 0) is 49.2 Å². The van der Waals surface area contributed by atoms with Gasteiger partial charge in [0, 0.05) is 30.3 Å². The standard InChI is InChI=1S/C22H24N2O5S/c1-28-19-12-13-20(29-2)21(16-19)30(26,27)23-14-5-6-17-8-10-18(11-9-17)24-15-4-3-7-22(24)25/h8-13,16,23H,3-4,7,14-15H2,1-2H3. The first-order chi connectivity index (χ1) is 14.4. The molecule has 7 nitrogen and oxygen atoms in total. The van der Waals surface area contributed by atoms with E-state index < -0.39 is 10.0 Å². The van der Waals surface area contributed by atoms with Crippen LogP contribution in [0.25, 0.3) is 0 Å². The lowest BCUT2D eigenvalue weighted by molar-refractivity contribution is -0.119. The normalized spacial score (nSPS) is 14.1. The number of sulfonamides is 1. The van der Waals surface area contributed by atoms with Gasteiger partial charge in [0.2, 0.25) is 15.9 Å². The summed E-state index contributed by atoms with van der Waals surface area (Å²) in [6.07, 6.45) is 2.53. The lowest BCUT2D eigenvalue weighted by Gasteiger charge is -2.26. The number of nitrogens with one attached hydrogen (secondary N) is 1. The number of carbonyl (C=O) groups excluding carboxylic acids is 1. The van der Waals surface area contributed by atoms with E-state index in [-0.39, 0.29) is 23.1 Å². The number of amides is 1. The Labute approximate surface area is 177 Å². The SMILES string of the molecule is COc1ccc(OC)c(S(=O)(=O)NCC#Cc2ccc(N3CCCCC3=O)cc2)c1. The number of ether oxygens (including phenoxy) is 2. The molecule has 0 unspecified atom stereocenters. The minimum Gasteiger partial charge on any atom is -0.497 e. The van der Waals surface area contributed by atoms with Crippen LogP contribution in [0.5, 0.6) is 11.5 Å². The average molecular weight is 429 g/mol. The molecular weight excluding hydrogens is 404 g/mol. The van der Waals surface area contributed by atoms with Gasteiger partial charge in [0.05, 0.1) is 20.8 Å². The van der Waals surface area contributed by atoms with Crippen LogP contribution in [0.3, 0.4) is 0 Å². The van der Waals surface area contributed by atoms with Gasteiger partial charge in [-0.25, -0.2) is 8.42 Å². The number of nitrogens with zero attached hydrogens (tertiary/aromatic N) is 1. The van der Waals surface area contributed by atoms with Crippen LogP contribution in [-0.2, 0) is 14.8 Å². The summed E-state index contributed by atoms with van der Waals surface area (Å²) in [5, 5.41) is 0. The summed E-state index contributed by atoms with van der Waals surface area (Å²) >= 11 is 0. The van der Waals surface area contributed by atoms with Gasteiger partial charge in [0.25, 0.3) is 0 Å². The summed E-state index contributed by atoms with van der Waals surface area (Å²) in [5.41, 5.74) is 1.59. The maximum absolute atomic E-state index is 12.6. The molecule has 1 aliphatic rings. The number of rotatable bonds is 6. The Hall–Kier alpha value is -3.02. The molecule has 1 aliphatic heterocycles. The second-order valence-corrected chi connectivity index (χ2v) is 8.43. The molecule has 0 spiro atoms. The van der Waals surface area contributed by atoms with E-state index in [0.29, 0.717) is 12.2 Å². The average Bonchev–Trinajstić information content (AvgIpc) is 2.77. The Morgan fingerprint density at radius 3 is 2.50 bits per heavy atom. The van der Waals surface area contributed by atoms with Crippen LogP contribution in [0.2, 0.25) is 0 Å². The molecular formula is C22H24N2O5S. The monoisotopic (exact) mass is 428 g/mol. The molecule has 158 valence electrons. The van der Waals surface area contributed by atoms with Crippen LogP contribution in [0, 0.1) is 11.8 Å². The lowest BCUT2D eigenvalue weighted by atomic mass is 10.1. The zero-order valence-electron chi connectivity index (χ0n) is 17.0. The lowest BCUT2D eigenvalue weighted by Crippen LogP contribution is -2.35. The number of piperidine rings is 1. The summed E-state index contributed by atoms with van der Waals surface area (Å²) in [6.45, 7) is 0.675. The first-order valence-corrected chi connectivity index (χ1v) is 11.0. The van der Waals surface area contributed by atoms with Gasteiger partial charge in [0.1, 0.15) is 16.4 Å². The Bertz CT molecular complexity index is 1070. The Balaban J connectivity index is 1.65. The predicted octanol–water partition coefficient (Wildman–Crippen LogP) is 2.55. The fourth-order valence-electron chi connectivity index (χ4n) is 3.15. The molecule has 0 aliphatic carbocycles. The summed E-state index contributed by atoms with van der Waals surface area (Å²) in [7, 11) is -0.953. The van der Waals surface area contributed by atoms with Crippen molar-refractivity contribution in [3.8, 4) is 23.3 Å². The van der Waals surface area contributed by atoms with E-state index in [1.807, 2.05) is 24.3 Å². The second-order valence-electron chi connectivity index (χ2n) is 6.69. The molecule has 2 aromatic rings. The van der Waals surface area contributed by atoms with Gasteiger partial charge >= 0.3 is 0 Å². The molecule has 0 saturated carbocycles. The highest BCUT2D eigenvalue weighted by Gasteiger charge is 2.20. The minimum atomic E-state index is -3.82. The molecule has 3 rings (SSSR count). The molecule has 0 atom stereocenters. The Kier molecular flexibility index (Phi) is 6.98. The highest BCUT2D eigenvalue weighted by molar-refractivity contribution is 7.89. The van der Waals surface area contributed by atoms with Crippen molar-refractivity contribution in [3.05, 3.63) is 48.0 Å². The van der Waals surface area contributed by atoms with Gasteiger partial charge in [-0.2, -0.15) is 4.72 Å². The summed E-state index contributed by atoms with van der Waals surface area (Å²) in [5.74, 6) is 6.51. The summed E-state index contributed by atoms with van der Waals surface area (Å²) < 4.78 is 37.9. The summed E-state index contributed by atoms with van der Waals surface area (Å²) in [4.78, 5) is 13.8. The third-order valence-electron chi connectivity index (χ3n) is 4.75. The fraction of sp³-hybridized carbons (Fsp3) is 0.318. The van der Waals surface area contributed by atoms with Gasteiger partial charge < -0.3 is 14.4 Å². The molecule has 2 aromatic carbocycles. The third kappa shape index (κ3) is 5.12.